The van der Waals surface area contributed by atoms with Crippen LogP contribution in [-0.4, -0.2) is 251 Å². The Labute approximate surface area is 581 Å². The van der Waals surface area contributed by atoms with Crippen LogP contribution in [0.1, 0.15) is 175 Å². The van der Waals surface area contributed by atoms with Crippen molar-refractivity contribution in [3.8, 4) is 0 Å². The zero-order valence-corrected chi connectivity index (χ0v) is 60.7. The van der Waals surface area contributed by atoms with Crippen LogP contribution in [0.5, 0.6) is 0 Å². The lowest BCUT2D eigenvalue weighted by Gasteiger charge is -2.42. The Morgan fingerprint density at radius 2 is 1.22 bits per heavy atom. The van der Waals surface area contributed by atoms with E-state index in [0.717, 1.165) is 58.9 Å². The lowest BCUT2D eigenvalue weighted by atomic mass is 9.84. The van der Waals surface area contributed by atoms with Crippen molar-refractivity contribution in [2.24, 2.45) is 23.7 Å². The Bertz CT molecular complexity index is 3050. The summed E-state index contributed by atoms with van der Waals surface area (Å²) >= 11 is 6.14. The number of likely N-dealkylation sites (tertiary alicyclic amines) is 1. The maximum Gasteiger partial charge on any atom is 0.417 e. The Morgan fingerprint density at radius 3 is 1.82 bits per heavy atom. The molecule has 3 N–H and O–H groups in total. The molecule has 5 aliphatic rings. The van der Waals surface area contributed by atoms with Crippen molar-refractivity contribution in [2.75, 3.05) is 88.6 Å². The third-order valence-corrected chi connectivity index (χ3v) is 21.5. The van der Waals surface area contributed by atoms with Gasteiger partial charge in [-0.05, 0) is 106 Å². The molecule has 1 aromatic rings. The molecule has 1 aromatic carbocycles. The molecule has 0 bridgehead atoms. The highest BCUT2D eigenvalue weighted by Crippen LogP contribution is 2.37. The molecule has 2 aliphatic carbocycles. The Kier molecular flexibility index (Phi) is 28.8. The van der Waals surface area contributed by atoms with E-state index in [0.29, 0.717) is 63.6 Å². The summed E-state index contributed by atoms with van der Waals surface area (Å²) in [6.07, 6.45) is 2.99. The molecule has 3 saturated heterocycles. The van der Waals surface area contributed by atoms with Crippen LogP contribution in [0.15, 0.2) is 18.2 Å². The first kappa shape index (κ1) is 79.9. The maximum atomic E-state index is 15.5. The van der Waals surface area contributed by atoms with Gasteiger partial charge in [0.05, 0.1) is 36.6 Å². The second kappa shape index (κ2) is 35.3. The number of benzene rings is 1. The molecule has 548 valence electrons. The number of fused-ring (bicyclic) bond motifs is 1. The summed E-state index contributed by atoms with van der Waals surface area (Å²) in [5.74, 6) is -9.06. The summed E-state index contributed by atoms with van der Waals surface area (Å²) in [6.45, 7) is 10.0. The van der Waals surface area contributed by atoms with Crippen molar-refractivity contribution < 1.29 is 70.7 Å². The predicted molar refractivity (Wildman–Crippen MR) is 362 cm³/mol. The molecule has 2 saturated carbocycles. The monoisotopic (exact) mass is 1400 g/mol. The summed E-state index contributed by atoms with van der Waals surface area (Å²) in [4.78, 5) is 189. The van der Waals surface area contributed by atoms with E-state index in [4.69, 9.17) is 11.6 Å². The molecule has 0 aromatic heterocycles. The number of amides is 12. The number of halogens is 4. The van der Waals surface area contributed by atoms with Gasteiger partial charge in [0.1, 0.15) is 47.8 Å². The quantitative estimate of drug-likeness (QED) is 0.234. The lowest BCUT2D eigenvalue weighted by molar-refractivity contribution is -0.156. The molecule has 3 aliphatic heterocycles. The van der Waals surface area contributed by atoms with Crippen LogP contribution in [0.2, 0.25) is 5.02 Å². The van der Waals surface area contributed by atoms with E-state index >= 15 is 19.2 Å². The van der Waals surface area contributed by atoms with Gasteiger partial charge in [-0.25, -0.2) is 0 Å². The fraction of sp³-hybridized carbons (Fsp3) is 0.743. The van der Waals surface area contributed by atoms with Gasteiger partial charge in [0, 0.05) is 69.0 Å². The smallest absolute Gasteiger partial charge is 0.343 e. The minimum atomic E-state index is -4.76. The van der Waals surface area contributed by atoms with Gasteiger partial charge in [0.15, 0.2) is 0 Å². The van der Waals surface area contributed by atoms with E-state index < -0.39 is 173 Å². The molecule has 98 heavy (non-hydrogen) atoms. The molecule has 0 unspecified atom stereocenters. The standard InChI is InChI=1S/C70H108ClF3N12O12/c1-14-44(5)59-66(96)80(9)41-57(89)78(7)42-58(90)82(11)53(38-46-24-17-16-18-25-46)64(94)79(8)40-55(87)75-50(30-28-47-27-29-48(49(71)37-47)70(72,73)74)63(93)86-35-23-26-51(86)62(92)77-69(31-19-20-32-69)68(98)84(13)60(45(6)15-2)67(97)83(12)54(65(95)85-33-21-22-34-85)39-56(88)81(10)52(36-43(3)4)61(91)76-59/h27,29,37,43-46,50-54,59-60H,14-26,28,30-36,38-42H2,1-13H3,(H,75,87)(H,76,91)(H,77,92)/t44-,45-,50-,51-,52-,53-,54-,59-,60-/m0/s1. The third-order valence-electron chi connectivity index (χ3n) is 21.2. The first-order chi connectivity index (χ1) is 46.1. The first-order valence-corrected chi connectivity index (χ1v) is 35.6. The van der Waals surface area contributed by atoms with Crippen molar-refractivity contribution in [1.29, 1.82) is 0 Å². The average molecular weight is 1400 g/mol. The summed E-state index contributed by atoms with van der Waals surface area (Å²) in [5, 5.41) is 8.10. The minimum absolute atomic E-state index is 0.0185. The topological polar surface area (TPSA) is 270 Å². The van der Waals surface area contributed by atoms with E-state index in [9.17, 15) is 51.5 Å². The predicted octanol–water partition coefficient (Wildman–Crippen LogP) is 5.50. The van der Waals surface area contributed by atoms with Crippen molar-refractivity contribution >= 4 is 82.5 Å². The van der Waals surface area contributed by atoms with Gasteiger partial charge in [-0.15, -0.1) is 0 Å². The van der Waals surface area contributed by atoms with Crippen LogP contribution in [0.3, 0.4) is 0 Å². The van der Waals surface area contributed by atoms with Gasteiger partial charge in [-0.1, -0.05) is 117 Å². The molecule has 5 fully saturated rings. The first-order valence-electron chi connectivity index (χ1n) is 35.2. The molecule has 0 radical (unpaired) electrons. The fourth-order valence-corrected chi connectivity index (χ4v) is 14.9. The third kappa shape index (κ3) is 19.9. The van der Waals surface area contributed by atoms with Crippen LogP contribution < -0.4 is 16.0 Å². The number of hydrogen-bond acceptors (Lipinski definition) is 12. The lowest BCUT2D eigenvalue weighted by Crippen LogP contribution is -2.65. The summed E-state index contributed by atoms with van der Waals surface area (Å²) in [7, 11) is 9.87. The number of alkyl halides is 3. The van der Waals surface area contributed by atoms with Gasteiger partial charge >= 0.3 is 6.18 Å². The largest absolute Gasteiger partial charge is 0.417 e. The molecular weight excluding hydrogens is 1290 g/mol. The van der Waals surface area contributed by atoms with Crippen LogP contribution in [0, 0.1) is 23.7 Å². The molecule has 6 rings (SSSR count). The van der Waals surface area contributed by atoms with Crippen LogP contribution >= 0.6 is 11.6 Å². The summed E-state index contributed by atoms with van der Waals surface area (Å²) in [6, 6.07) is -5.64. The van der Waals surface area contributed by atoms with E-state index in [1.165, 1.54) is 79.9 Å². The molecule has 3 heterocycles. The van der Waals surface area contributed by atoms with Gasteiger partial charge in [0.25, 0.3) is 0 Å². The highest BCUT2D eigenvalue weighted by atomic mass is 35.5. The van der Waals surface area contributed by atoms with Crippen molar-refractivity contribution in [1.82, 2.24) is 60.0 Å². The number of likely N-dealkylation sites (N-methyl/N-ethyl adjacent to an activating group) is 7. The number of rotatable bonds is 12. The van der Waals surface area contributed by atoms with Gasteiger partial charge in [0.2, 0.25) is 70.9 Å². The van der Waals surface area contributed by atoms with Gasteiger partial charge in [-0.2, -0.15) is 13.2 Å². The van der Waals surface area contributed by atoms with Gasteiger partial charge in [-0.3, -0.25) is 57.5 Å². The second-order valence-electron chi connectivity index (χ2n) is 28.8. The van der Waals surface area contributed by atoms with Crippen molar-refractivity contribution in [3.05, 3.63) is 34.3 Å². The molecular formula is C70H108ClF3N12O12. The van der Waals surface area contributed by atoms with Crippen LogP contribution in [-0.2, 0) is 70.1 Å². The van der Waals surface area contributed by atoms with Crippen LogP contribution in [0.25, 0.3) is 0 Å². The van der Waals surface area contributed by atoms with E-state index in [2.05, 4.69) is 16.0 Å². The second-order valence-corrected chi connectivity index (χ2v) is 29.2. The molecule has 9 atom stereocenters. The Morgan fingerprint density at radius 1 is 0.622 bits per heavy atom. The Hall–Kier alpha value is -7.06. The minimum Gasteiger partial charge on any atom is -0.343 e. The number of nitrogens with zero attached hydrogens (tertiary/aromatic N) is 9. The molecule has 1 spiro atoms. The maximum absolute atomic E-state index is 15.5. The van der Waals surface area contributed by atoms with Crippen molar-refractivity contribution in [3.63, 3.8) is 0 Å². The number of carbonyl (C=O) groups is 12. The molecule has 28 heteroatoms. The van der Waals surface area contributed by atoms with Crippen LogP contribution in [0.4, 0.5) is 13.2 Å². The highest BCUT2D eigenvalue weighted by Gasteiger charge is 2.51. The van der Waals surface area contributed by atoms with Gasteiger partial charge < -0.3 is 60.0 Å². The fourth-order valence-electron chi connectivity index (χ4n) is 14.6. The normalized spacial score (nSPS) is 26.3. The SMILES string of the molecule is CC[C@H](C)[C@@H]1NC(=O)[C@H](CC(C)C)N(C)C(=O)C[C@@H](C(=O)N2CCCC2)N(C)C(=O)[C@H]([C@@H](C)CC)N(C)C(=O)C2(CCCC2)NC(=O)[C@@H]2CCCN2C(=O)[C@H](CCc2ccc(C(F)(F)F)c(Cl)c2)NC(=O)CN(C)C(=O)[C@H](CC2CCCCC2)N(C)C(=O)CN(C)C(=O)CN(C)C1=O. The Balaban J connectivity index is 1.42. The zero-order chi connectivity index (χ0) is 72.8. The van der Waals surface area contributed by atoms with E-state index in [-0.39, 0.29) is 63.3 Å². The number of carbonyl (C=O) groups excluding carboxylic acids is 12. The number of hydrogen-bond donors (Lipinski definition) is 3. The van der Waals surface area contributed by atoms with E-state index in [1.54, 1.807) is 18.7 Å². The highest BCUT2D eigenvalue weighted by molar-refractivity contribution is 6.31. The summed E-state index contributed by atoms with van der Waals surface area (Å²) < 4.78 is 41.5. The zero-order valence-electron chi connectivity index (χ0n) is 59.9. The van der Waals surface area contributed by atoms with Crippen molar-refractivity contribution in [2.45, 2.75) is 224 Å². The molecule has 12 amide bonds. The number of aryl methyl sites for hydroxylation is 1. The molecule has 24 nitrogen and oxygen atoms in total. The average Bonchev–Trinajstić information content (AvgIpc) is 1.37. The summed E-state index contributed by atoms with van der Waals surface area (Å²) in [5.41, 5.74) is -2.36. The van der Waals surface area contributed by atoms with E-state index in [1.807, 2.05) is 27.7 Å². The number of nitrogens with one attached hydrogen (secondary N) is 3.